The summed E-state index contributed by atoms with van der Waals surface area (Å²) in [5, 5.41) is 4.19. The number of unbranched alkanes of at least 4 members (excludes halogenated alkanes) is 18. The molecule has 0 spiro atoms. The summed E-state index contributed by atoms with van der Waals surface area (Å²) in [6.07, 6.45) is 51.9. The van der Waals surface area contributed by atoms with E-state index in [4.69, 9.17) is 9.47 Å². The second kappa shape index (κ2) is 46.0. The Labute approximate surface area is 412 Å². The molecule has 0 saturated heterocycles. The lowest BCUT2D eigenvalue weighted by Gasteiger charge is -2.18. The van der Waals surface area contributed by atoms with E-state index in [-0.39, 0.29) is 6.10 Å². The average molecular weight is 964 g/mol. The van der Waals surface area contributed by atoms with E-state index in [9.17, 15) is 8.42 Å². The molecule has 0 aliphatic carbocycles. The van der Waals surface area contributed by atoms with Crippen molar-refractivity contribution in [3.05, 3.63) is 140 Å². The van der Waals surface area contributed by atoms with E-state index in [1.807, 2.05) is 0 Å². The molecular weight excluding hydrogens is 871 g/mol. The van der Waals surface area contributed by atoms with Crippen LogP contribution < -0.4 is 15.9 Å². The van der Waals surface area contributed by atoms with Crippen molar-refractivity contribution in [1.29, 1.82) is 0 Å². The van der Waals surface area contributed by atoms with Gasteiger partial charge < -0.3 is 9.47 Å². The molecule has 0 aromatic heterocycles. The molecule has 3 aromatic carbocycles. The van der Waals surface area contributed by atoms with Crippen molar-refractivity contribution in [2.75, 3.05) is 26.1 Å². The highest BCUT2D eigenvalue weighted by atomic mass is 35.7. The van der Waals surface area contributed by atoms with Gasteiger partial charge in [0.15, 0.2) is 0 Å². The first-order chi connectivity index (χ1) is 32.3. The molecule has 0 saturated carbocycles. The summed E-state index contributed by atoms with van der Waals surface area (Å²) in [6.45, 7) is 9.29. The first-order valence-electron chi connectivity index (χ1n) is 25.9. The Morgan fingerprint density at radius 3 is 1.14 bits per heavy atom. The van der Waals surface area contributed by atoms with Gasteiger partial charge in [0, 0.05) is 23.9 Å². The second-order valence-corrected chi connectivity index (χ2v) is 22.4. The number of benzene rings is 3. The molecule has 0 heterocycles. The normalized spacial score (nSPS) is 12.3. The Bertz CT molecular complexity index is 1590. The van der Waals surface area contributed by atoms with E-state index < -0.39 is 17.0 Å². The number of ether oxygens (including phenoxy) is 2. The molecule has 66 heavy (non-hydrogen) atoms. The average Bonchev–Trinajstić information content (AvgIpc) is 3.32. The zero-order valence-electron chi connectivity index (χ0n) is 42.0. The number of halogens is 1. The van der Waals surface area contributed by atoms with Gasteiger partial charge in [-0.15, -0.1) is 0 Å². The van der Waals surface area contributed by atoms with Crippen molar-refractivity contribution < 1.29 is 17.9 Å². The van der Waals surface area contributed by atoms with Gasteiger partial charge in [-0.3, -0.25) is 0 Å². The van der Waals surface area contributed by atoms with Gasteiger partial charge >= 0.3 is 0 Å². The number of allylic oxidation sites excluding steroid dienone is 8. The van der Waals surface area contributed by atoms with Gasteiger partial charge in [0.05, 0.1) is 19.0 Å². The van der Waals surface area contributed by atoms with Crippen LogP contribution in [0.3, 0.4) is 0 Å². The van der Waals surface area contributed by atoms with Gasteiger partial charge in [-0.25, -0.2) is 8.42 Å². The summed E-state index contributed by atoms with van der Waals surface area (Å²) < 4.78 is 30.8. The van der Waals surface area contributed by atoms with Crippen LogP contribution in [0.25, 0.3) is 0 Å². The van der Waals surface area contributed by atoms with Gasteiger partial charge in [0.25, 0.3) is 0 Å². The highest BCUT2D eigenvalue weighted by molar-refractivity contribution is 8.13. The lowest BCUT2D eigenvalue weighted by Crippen LogP contribution is -2.20. The monoisotopic (exact) mass is 963 g/mol. The van der Waals surface area contributed by atoms with Crippen LogP contribution in [-0.4, -0.2) is 40.6 Å². The molecule has 1 atom stereocenters. The van der Waals surface area contributed by atoms with E-state index in [2.05, 4.69) is 171 Å². The summed E-state index contributed by atoms with van der Waals surface area (Å²) >= 11 is 0. The molecule has 0 bridgehead atoms. The minimum atomic E-state index is -3.19. The summed E-state index contributed by atoms with van der Waals surface area (Å²) in [4.78, 5) is 0. The minimum Gasteiger partial charge on any atom is -0.379 e. The molecule has 0 aliphatic rings. The molecule has 0 N–H and O–H groups in total. The summed E-state index contributed by atoms with van der Waals surface area (Å²) in [5.74, 6) is 0. The minimum absolute atomic E-state index is 0.271. The largest absolute Gasteiger partial charge is 0.379 e. The Morgan fingerprint density at radius 1 is 0.470 bits per heavy atom. The molecular formula is C59H92ClO4PS. The fourth-order valence-electron chi connectivity index (χ4n) is 7.21. The number of hydrogen-bond acceptors (Lipinski definition) is 4. The van der Waals surface area contributed by atoms with Crippen LogP contribution in [0.5, 0.6) is 0 Å². The van der Waals surface area contributed by atoms with Crippen LogP contribution in [0.1, 0.15) is 181 Å². The van der Waals surface area contributed by atoms with Crippen molar-refractivity contribution in [3.63, 3.8) is 0 Å². The van der Waals surface area contributed by atoms with Crippen molar-refractivity contribution in [1.82, 2.24) is 0 Å². The number of hydrogen-bond donors (Lipinski definition) is 0. The van der Waals surface area contributed by atoms with E-state index >= 15 is 0 Å². The Kier molecular flexibility index (Phi) is 42.6. The third-order valence-electron chi connectivity index (χ3n) is 11.0. The lowest BCUT2D eigenvalue weighted by atomic mass is 10.1. The van der Waals surface area contributed by atoms with Gasteiger partial charge in [-0.1, -0.05) is 237 Å². The Balaban J connectivity index is 0.000000733. The van der Waals surface area contributed by atoms with Crippen molar-refractivity contribution in [2.45, 2.75) is 187 Å². The van der Waals surface area contributed by atoms with Crippen LogP contribution in [0.15, 0.2) is 140 Å². The zero-order chi connectivity index (χ0) is 47.9. The molecule has 0 aliphatic heterocycles. The SMILES string of the molecule is CCCCC/C=C\C/C=C\CCCCCCCCOCC(CC)OCCCCCCCC/C=C\C/C=C\CCCCC.CS(=O)(=O)Cl.c1ccc(P(c2ccccc2)c2ccccc2)cc1. The molecule has 3 aromatic rings. The van der Waals surface area contributed by atoms with Gasteiger partial charge in [0.2, 0.25) is 9.05 Å². The van der Waals surface area contributed by atoms with E-state index in [1.165, 1.54) is 157 Å². The predicted octanol–water partition coefficient (Wildman–Crippen LogP) is 17.1. The van der Waals surface area contributed by atoms with Gasteiger partial charge in [-0.2, -0.15) is 0 Å². The summed E-state index contributed by atoms with van der Waals surface area (Å²) in [5.41, 5.74) is 0. The fraction of sp³-hybridized carbons (Fsp3) is 0.559. The Morgan fingerprint density at radius 2 is 0.788 bits per heavy atom. The summed E-state index contributed by atoms with van der Waals surface area (Å²) in [7, 11) is 0.862. The van der Waals surface area contributed by atoms with Crippen LogP contribution in [0.4, 0.5) is 0 Å². The lowest BCUT2D eigenvalue weighted by molar-refractivity contribution is -0.0200. The van der Waals surface area contributed by atoms with Crippen LogP contribution >= 0.6 is 18.6 Å². The maximum Gasteiger partial charge on any atom is 0.229 e. The standard InChI is InChI=1S/C40H74O2.C18H15P.CH3ClO2S/c1-4-7-9-11-13-15-17-19-21-23-25-27-29-31-33-35-37-41-39-40(6-3)42-38-36-34-32-30-28-26-24-22-20-18-16-14-12-10-8-5-2;1-4-10-16(11-5-1)19(17-12-6-2-7-13-17)18-14-8-3-9-15-18;1-5(2,3)4/h13-16,19-22,40H,4-12,17-18,23-39H2,1-3H3;1-15H;1H3/b15-13-,16-14-,21-19-,22-20-;;. The fourth-order valence-corrected chi connectivity index (χ4v) is 9.51. The van der Waals surface area contributed by atoms with E-state index in [1.54, 1.807) is 0 Å². The third kappa shape index (κ3) is 40.3. The molecule has 0 amide bonds. The van der Waals surface area contributed by atoms with Crippen LogP contribution in [0.2, 0.25) is 0 Å². The first kappa shape index (κ1) is 61.2. The number of rotatable bonds is 37. The van der Waals surface area contributed by atoms with Gasteiger partial charge in [0.1, 0.15) is 0 Å². The van der Waals surface area contributed by atoms with E-state index in [0.29, 0.717) is 0 Å². The molecule has 0 fully saturated rings. The van der Waals surface area contributed by atoms with Gasteiger partial charge in [-0.05, 0) is 107 Å². The molecule has 3 rings (SSSR count). The molecule has 7 heteroatoms. The highest BCUT2D eigenvalue weighted by Gasteiger charge is 2.15. The zero-order valence-corrected chi connectivity index (χ0v) is 44.5. The van der Waals surface area contributed by atoms with Crippen LogP contribution in [-0.2, 0) is 18.5 Å². The smallest absolute Gasteiger partial charge is 0.229 e. The predicted molar refractivity (Wildman–Crippen MR) is 295 cm³/mol. The summed E-state index contributed by atoms with van der Waals surface area (Å²) in [6, 6.07) is 32.3. The Hall–Kier alpha value is -2.79. The molecule has 370 valence electrons. The van der Waals surface area contributed by atoms with Crippen molar-refractivity contribution in [3.8, 4) is 0 Å². The molecule has 0 radical (unpaired) electrons. The van der Waals surface area contributed by atoms with Crippen molar-refractivity contribution in [2.24, 2.45) is 0 Å². The first-order valence-corrected chi connectivity index (χ1v) is 30.0. The molecule has 1 unspecified atom stereocenters. The maximum absolute atomic E-state index is 9.40. The van der Waals surface area contributed by atoms with Crippen molar-refractivity contribution >= 4 is 43.6 Å². The van der Waals surface area contributed by atoms with Crippen LogP contribution in [0, 0.1) is 0 Å². The molecule has 4 nitrogen and oxygen atoms in total. The third-order valence-corrected chi connectivity index (χ3v) is 13.4. The van der Waals surface area contributed by atoms with E-state index in [0.717, 1.165) is 45.3 Å². The quantitative estimate of drug-likeness (QED) is 0.0250. The second-order valence-electron chi connectivity index (χ2n) is 17.2. The maximum atomic E-state index is 9.40. The highest BCUT2D eigenvalue weighted by Crippen LogP contribution is 2.32. The topological polar surface area (TPSA) is 52.6 Å².